The molecule has 4 atom stereocenters. The summed E-state index contributed by atoms with van der Waals surface area (Å²) in [5.41, 5.74) is -0.429. The van der Waals surface area contributed by atoms with Crippen LogP contribution in [0.15, 0.2) is 12.2 Å². The van der Waals surface area contributed by atoms with E-state index in [0.29, 0.717) is 17.8 Å². The first-order valence-corrected chi connectivity index (χ1v) is 5.24. The van der Waals surface area contributed by atoms with Crippen molar-refractivity contribution < 1.29 is 43.8 Å². The van der Waals surface area contributed by atoms with Crippen molar-refractivity contribution in [3.63, 3.8) is 0 Å². The van der Waals surface area contributed by atoms with Crippen molar-refractivity contribution >= 4 is 0 Å². The minimum absolute atomic E-state index is 0. The Morgan fingerprint density at radius 2 is 1.29 bits per heavy atom. The van der Waals surface area contributed by atoms with Crippen molar-refractivity contribution in [2.24, 2.45) is 28.6 Å². The van der Waals surface area contributed by atoms with Crippen molar-refractivity contribution in [3.05, 3.63) is 26.5 Å². The SMILES string of the molecule is [CH2-]C1C2C=CC1C(C)(CO)C2(C)CO.[CH3-].[Co].[Co]. The van der Waals surface area contributed by atoms with Crippen molar-refractivity contribution in [1.82, 2.24) is 0 Å². The molecule has 4 unspecified atom stereocenters. The maximum absolute atomic E-state index is 9.56. The smallest absolute Gasteiger partial charge is 0.0495 e. The van der Waals surface area contributed by atoms with Crippen LogP contribution in [-0.2, 0) is 33.6 Å². The Bertz CT molecular complexity index is 257. The van der Waals surface area contributed by atoms with Crippen molar-refractivity contribution in [2.45, 2.75) is 13.8 Å². The summed E-state index contributed by atoms with van der Waals surface area (Å²) in [4.78, 5) is 0. The molecule has 0 spiro atoms. The molecule has 0 saturated heterocycles. The minimum Gasteiger partial charge on any atom is -0.396 e. The van der Waals surface area contributed by atoms with Gasteiger partial charge in [-0.3, -0.25) is 0 Å². The molecule has 1 saturated carbocycles. The summed E-state index contributed by atoms with van der Waals surface area (Å²) < 4.78 is 0. The van der Waals surface area contributed by atoms with Crippen LogP contribution in [0.25, 0.3) is 0 Å². The topological polar surface area (TPSA) is 40.5 Å². The Labute approximate surface area is 126 Å². The molecule has 1 fully saturated rings. The predicted octanol–water partition coefficient (Wildman–Crippen LogP) is 1.69. The molecule has 0 aliphatic heterocycles. The third-order valence-corrected chi connectivity index (χ3v) is 4.88. The third kappa shape index (κ3) is 2.17. The standard InChI is InChI=1S/C12H19O2.CH3.2Co/c1-8-9-4-5-10(8)12(3,7-14)11(9,2)6-13;;;/h4-5,8-10,13-14H,1,6-7H2,2-3H3;1H3;;/q2*-1;;. The second-order valence-corrected chi connectivity index (χ2v) is 5.25. The van der Waals surface area contributed by atoms with Crippen LogP contribution in [0.5, 0.6) is 0 Å². The van der Waals surface area contributed by atoms with Gasteiger partial charge in [0.25, 0.3) is 0 Å². The number of hydrogen-bond donors (Lipinski definition) is 2. The van der Waals surface area contributed by atoms with E-state index in [2.05, 4.69) is 32.9 Å². The minimum atomic E-state index is -0.215. The van der Waals surface area contributed by atoms with Gasteiger partial charge in [0, 0.05) is 57.6 Å². The monoisotopic (exact) mass is 328 g/mol. The molecule has 2 N–H and O–H groups in total. The van der Waals surface area contributed by atoms with Crippen LogP contribution < -0.4 is 0 Å². The van der Waals surface area contributed by atoms with Gasteiger partial charge in [0.1, 0.15) is 0 Å². The van der Waals surface area contributed by atoms with Crippen LogP contribution in [0.4, 0.5) is 0 Å². The van der Waals surface area contributed by atoms with Crippen molar-refractivity contribution in [2.75, 3.05) is 13.2 Å². The molecule has 2 aliphatic rings. The predicted molar refractivity (Wildman–Crippen MR) is 61.8 cm³/mol. The largest absolute Gasteiger partial charge is 0.396 e. The molecule has 0 aromatic rings. The second kappa shape index (κ2) is 6.21. The molecule has 2 rings (SSSR count). The molecule has 2 radical (unpaired) electrons. The van der Waals surface area contributed by atoms with Crippen LogP contribution in [0.1, 0.15) is 13.8 Å². The fourth-order valence-corrected chi connectivity index (χ4v) is 3.45. The summed E-state index contributed by atoms with van der Waals surface area (Å²) in [7, 11) is 0. The average Bonchev–Trinajstić information content (AvgIpc) is 2.63. The molecule has 2 nitrogen and oxygen atoms in total. The molecular weight excluding hydrogens is 306 g/mol. The average molecular weight is 328 g/mol. The van der Waals surface area contributed by atoms with Gasteiger partial charge < -0.3 is 24.6 Å². The van der Waals surface area contributed by atoms with Crippen LogP contribution in [0.2, 0.25) is 0 Å². The molecule has 2 aliphatic carbocycles. The quantitative estimate of drug-likeness (QED) is 0.598. The Morgan fingerprint density at radius 3 is 1.53 bits per heavy atom. The summed E-state index contributed by atoms with van der Waals surface area (Å²) >= 11 is 0. The zero-order valence-electron chi connectivity index (χ0n) is 10.6. The molecule has 17 heavy (non-hydrogen) atoms. The van der Waals surface area contributed by atoms with E-state index >= 15 is 0 Å². The zero-order valence-corrected chi connectivity index (χ0v) is 12.7. The third-order valence-electron chi connectivity index (χ3n) is 4.88. The first-order chi connectivity index (χ1) is 6.51. The summed E-state index contributed by atoms with van der Waals surface area (Å²) in [5, 5.41) is 19.1. The molecule has 0 aromatic heterocycles. The Balaban J connectivity index is 0. The molecule has 0 amide bonds. The van der Waals surface area contributed by atoms with Crippen molar-refractivity contribution in [1.29, 1.82) is 0 Å². The molecule has 2 bridgehead atoms. The Morgan fingerprint density at radius 1 is 1.00 bits per heavy atom. The van der Waals surface area contributed by atoms with Crippen molar-refractivity contribution in [3.8, 4) is 0 Å². The van der Waals surface area contributed by atoms with E-state index in [1.54, 1.807) is 0 Å². The Hall–Kier alpha value is 0.673. The van der Waals surface area contributed by atoms with Crippen LogP contribution >= 0.6 is 0 Å². The van der Waals surface area contributed by atoms with E-state index in [0.717, 1.165) is 0 Å². The second-order valence-electron chi connectivity index (χ2n) is 5.25. The van der Waals surface area contributed by atoms with E-state index in [4.69, 9.17) is 0 Å². The van der Waals surface area contributed by atoms with Gasteiger partial charge in [0.15, 0.2) is 0 Å². The first kappa shape index (κ1) is 20.0. The van der Waals surface area contributed by atoms with Gasteiger partial charge in [0.05, 0.1) is 0 Å². The summed E-state index contributed by atoms with van der Waals surface area (Å²) in [5.74, 6) is 0.939. The van der Waals surface area contributed by atoms with Gasteiger partial charge in [-0.25, -0.2) is 0 Å². The van der Waals surface area contributed by atoms with E-state index < -0.39 is 0 Å². The molecule has 0 aromatic carbocycles. The van der Waals surface area contributed by atoms with Crippen LogP contribution in [-0.4, -0.2) is 23.4 Å². The maximum atomic E-state index is 9.56. The fourth-order valence-electron chi connectivity index (χ4n) is 3.45. The number of allylic oxidation sites excluding steroid dienone is 2. The molecular formula is C13H22Co2O2-2. The Kier molecular flexibility index (Phi) is 7.31. The number of hydrogen-bond acceptors (Lipinski definition) is 2. The summed E-state index contributed by atoms with van der Waals surface area (Å²) in [6, 6.07) is 0. The summed E-state index contributed by atoms with van der Waals surface area (Å²) in [6.45, 7) is 8.55. The van der Waals surface area contributed by atoms with E-state index in [1.807, 2.05) is 0 Å². The first-order valence-electron chi connectivity index (χ1n) is 5.24. The maximum Gasteiger partial charge on any atom is 0.0495 e. The number of rotatable bonds is 2. The van der Waals surface area contributed by atoms with Gasteiger partial charge >= 0.3 is 0 Å². The van der Waals surface area contributed by atoms with Gasteiger partial charge in [0.2, 0.25) is 0 Å². The number of aliphatic hydroxyl groups is 2. The zero-order chi connectivity index (χ0) is 10.6. The number of aliphatic hydroxyl groups excluding tert-OH is 2. The van der Waals surface area contributed by atoms with Gasteiger partial charge in [-0.1, -0.05) is 26.0 Å². The van der Waals surface area contributed by atoms with Gasteiger partial charge in [-0.2, -0.15) is 5.92 Å². The fraction of sp³-hybridized carbons (Fsp3) is 0.692. The van der Waals surface area contributed by atoms with E-state index in [9.17, 15) is 10.2 Å². The normalized spacial score (nSPS) is 45.8. The summed E-state index contributed by atoms with van der Waals surface area (Å²) in [6.07, 6.45) is 4.33. The molecule has 0 heterocycles. The van der Waals surface area contributed by atoms with Gasteiger partial charge in [-0.05, 0) is 11.8 Å². The van der Waals surface area contributed by atoms with E-state index in [-0.39, 0.29) is 65.0 Å². The van der Waals surface area contributed by atoms with Gasteiger partial charge in [-0.15, -0.1) is 0 Å². The van der Waals surface area contributed by atoms with Crippen LogP contribution in [0, 0.1) is 42.9 Å². The van der Waals surface area contributed by atoms with E-state index in [1.165, 1.54) is 0 Å². The molecule has 4 heteroatoms. The number of fused-ring (bicyclic) bond motifs is 2. The molecule has 106 valence electrons. The van der Waals surface area contributed by atoms with Crippen LogP contribution in [0.3, 0.4) is 0 Å².